The molecule has 40 heavy (non-hydrogen) atoms. The summed E-state index contributed by atoms with van der Waals surface area (Å²) >= 11 is 0. The molecule has 1 saturated carbocycles. The third-order valence-electron chi connectivity index (χ3n) is 7.77. The van der Waals surface area contributed by atoms with Crippen LogP contribution >= 0.6 is 0 Å². The Morgan fingerprint density at radius 1 is 0.925 bits per heavy atom. The Hall–Kier alpha value is -4.26. The van der Waals surface area contributed by atoms with Gasteiger partial charge < -0.3 is 24.7 Å². The fraction of sp³-hybridized carbons (Fsp3) is 0.333. The van der Waals surface area contributed by atoms with Crippen molar-refractivity contribution in [3.05, 3.63) is 95.7 Å². The SMILES string of the molecule is COc1ccc(C(C(=O)NC2CCCCC2)N(Cc2cccc(OC)c2)C(=O)Cc2c[nH]c3ccccc23)cc1. The van der Waals surface area contributed by atoms with Crippen LogP contribution in [0.2, 0.25) is 0 Å². The van der Waals surface area contributed by atoms with Gasteiger partial charge in [0, 0.05) is 29.7 Å². The lowest BCUT2D eigenvalue weighted by atomic mass is 9.94. The summed E-state index contributed by atoms with van der Waals surface area (Å²) in [5, 5.41) is 4.29. The van der Waals surface area contributed by atoms with Crippen LogP contribution in [0.5, 0.6) is 11.5 Å². The maximum Gasteiger partial charge on any atom is 0.247 e. The van der Waals surface area contributed by atoms with Gasteiger partial charge in [-0.3, -0.25) is 9.59 Å². The number of methoxy groups -OCH3 is 2. The number of nitrogens with one attached hydrogen (secondary N) is 2. The van der Waals surface area contributed by atoms with Crippen molar-refractivity contribution in [3.63, 3.8) is 0 Å². The maximum absolute atomic E-state index is 14.2. The predicted octanol–water partition coefficient (Wildman–Crippen LogP) is 5.95. The summed E-state index contributed by atoms with van der Waals surface area (Å²) in [4.78, 5) is 33.3. The fourth-order valence-corrected chi connectivity index (χ4v) is 5.62. The van der Waals surface area contributed by atoms with E-state index in [1.165, 1.54) is 6.42 Å². The first kappa shape index (κ1) is 27.3. The van der Waals surface area contributed by atoms with Crippen LogP contribution in [0.25, 0.3) is 10.9 Å². The molecule has 4 aromatic rings. The summed E-state index contributed by atoms with van der Waals surface area (Å²) in [7, 11) is 3.24. The zero-order chi connectivity index (χ0) is 27.9. The lowest BCUT2D eigenvalue weighted by Crippen LogP contribution is -2.47. The van der Waals surface area contributed by atoms with Gasteiger partial charge in [0.15, 0.2) is 0 Å². The van der Waals surface area contributed by atoms with Crippen LogP contribution in [0.15, 0.2) is 79.0 Å². The molecule has 1 heterocycles. The van der Waals surface area contributed by atoms with E-state index in [4.69, 9.17) is 9.47 Å². The standard InChI is InChI=1S/C33H37N3O4/c1-39-27-17-15-24(16-18-27)32(33(38)35-26-10-4-3-5-11-26)36(22-23-9-8-12-28(19-23)40-2)31(37)20-25-21-34-30-14-7-6-13-29(25)30/h6-9,12-19,21,26,32,34H,3-5,10-11,20,22H2,1-2H3,(H,35,38). The van der Waals surface area contributed by atoms with Gasteiger partial charge in [-0.15, -0.1) is 0 Å². The van der Waals surface area contributed by atoms with E-state index in [-0.39, 0.29) is 30.8 Å². The number of H-pyrrole nitrogens is 1. The van der Waals surface area contributed by atoms with Gasteiger partial charge in [0.25, 0.3) is 0 Å². The number of hydrogen-bond acceptors (Lipinski definition) is 4. The molecule has 0 aliphatic heterocycles. The van der Waals surface area contributed by atoms with Gasteiger partial charge >= 0.3 is 0 Å². The smallest absolute Gasteiger partial charge is 0.247 e. The first-order chi connectivity index (χ1) is 19.6. The van der Waals surface area contributed by atoms with Gasteiger partial charge in [-0.25, -0.2) is 0 Å². The largest absolute Gasteiger partial charge is 0.497 e. The van der Waals surface area contributed by atoms with Crippen molar-refractivity contribution in [1.82, 2.24) is 15.2 Å². The van der Waals surface area contributed by atoms with Crippen molar-refractivity contribution >= 4 is 22.7 Å². The van der Waals surface area contributed by atoms with Crippen molar-refractivity contribution in [1.29, 1.82) is 0 Å². The van der Waals surface area contributed by atoms with Gasteiger partial charge in [-0.05, 0) is 59.9 Å². The molecule has 1 aliphatic rings. The first-order valence-electron chi connectivity index (χ1n) is 14.0. The van der Waals surface area contributed by atoms with Crippen LogP contribution in [0.3, 0.4) is 0 Å². The van der Waals surface area contributed by atoms with E-state index in [0.717, 1.165) is 53.3 Å². The molecule has 1 fully saturated rings. The Labute approximate surface area is 235 Å². The van der Waals surface area contributed by atoms with E-state index in [1.54, 1.807) is 19.1 Å². The van der Waals surface area contributed by atoms with Crippen LogP contribution in [0.4, 0.5) is 0 Å². The van der Waals surface area contributed by atoms with Crippen molar-refractivity contribution in [3.8, 4) is 11.5 Å². The Morgan fingerprint density at radius 2 is 1.68 bits per heavy atom. The third kappa shape index (κ3) is 6.30. The lowest BCUT2D eigenvalue weighted by molar-refractivity contribution is -0.141. The monoisotopic (exact) mass is 539 g/mol. The van der Waals surface area contributed by atoms with Crippen LogP contribution in [-0.2, 0) is 22.6 Å². The van der Waals surface area contributed by atoms with Gasteiger partial charge in [0.1, 0.15) is 17.5 Å². The summed E-state index contributed by atoms with van der Waals surface area (Å²) in [5.74, 6) is 1.10. The Morgan fingerprint density at radius 3 is 2.42 bits per heavy atom. The molecule has 2 N–H and O–H groups in total. The van der Waals surface area contributed by atoms with Gasteiger partial charge in [0.2, 0.25) is 11.8 Å². The third-order valence-corrected chi connectivity index (χ3v) is 7.77. The second-order valence-corrected chi connectivity index (χ2v) is 10.4. The van der Waals surface area contributed by atoms with E-state index in [2.05, 4.69) is 10.3 Å². The minimum atomic E-state index is -0.809. The highest BCUT2D eigenvalue weighted by Crippen LogP contribution is 2.29. The number of benzene rings is 3. The van der Waals surface area contributed by atoms with Crippen LogP contribution in [0, 0.1) is 0 Å². The molecule has 3 aromatic carbocycles. The molecule has 0 saturated heterocycles. The summed E-state index contributed by atoms with van der Waals surface area (Å²) in [6.45, 7) is 0.257. The molecule has 7 nitrogen and oxygen atoms in total. The molecule has 208 valence electrons. The van der Waals surface area contributed by atoms with Crippen molar-refractivity contribution < 1.29 is 19.1 Å². The fourth-order valence-electron chi connectivity index (χ4n) is 5.62. The summed E-state index contributed by atoms with van der Waals surface area (Å²) in [6, 6.07) is 22.3. The topological polar surface area (TPSA) is 83.7 Å². The van der Waals surface area contributed by atoms with Crippen molar-refractivity contribution in [2.75, 3.05) is 14.2 Å². The number of aromatic nitrogens is 1. The van der Waals surface area contributed by atoms with Crippen LogP contribution in [-0.4, -0.2) is 42.0 Å². The molecule has 1 aliphatic carbocycles. The molecule has 0 spiro atoms. The van der Waals surface area contributed by atoms with Gasteiger partial charge in [-0.1, -0.05) is 61.7 Å². The molecule has 7 heteroatoms. The first-order valence-corrected chi connectivity index (χ1v) is 14.0. The molecular weight excluding hydrogens is 502 g/mol. The molecule has 1 aromatic heterocycles. The highest BCUT2D eigenvalue weighted by atomic mass is 16.5. The van der Waals surface area contributed by atoms with Crippen molar-refractivity contribution in [2.45, 2.75) is 57.2 Å². The molecule has 2 amide bonds. The second-order valence-electron chi connectivity index (χ2n) is 10.4. The number of para-hydroxylation sites is 1. The number of amides is 2. The predicted molar refractivity (Wildman–Crippen MR) is 156 cm³/mol. The number of carbonyl (C=O) groups is 2. The lowest BCUT2D eigenvalue weighted by Gasteiger charge is -2.33. The molecule has 0 bridgehead atoms. The molecule has 5 rings (SSSR count). The van der Waals surface area contributed by atoms with E-state index >= 15 is 0 Å². The van der Waals surface area contributed by atoms with Crippen LogP contribution < -0.4 is 14.8 Å². The molecule has 1 unspecified atom stereocenters. The van der Waals surface area contributed by atoms with Gasteiger partial charge in [0.05, 0.1) is 20.6 Å². The number of carbonyl (C=O) groups excluding carboxylic acids is 2. The maximum atomic E-state index is 14.2. The number of rotatable bonds is 10. The zero-order valence-electron chi connectivity index (χ0n) is 23.2. The Balaban J connectivity index is 1.53. The average Bonchev–Trinajstić information content (AvgIpc) is 3.40. The number of nitrogens with zero attached hydrogens (tertiary/aromatic N) is 1. The summed E-state index contributed by atoms with van der Waals surface area (Å²) in [6.07, 6.45) is 7.37. The van der Waals surface area contributed by atoms with Crippen molar-refractivity contribution in [2.24, 2.45) is 0 Å². The number of hydrogen-bond donors (Lipinski definition) is 2. The summed E-state index contributed by atoms with van der Waals surface area (Å²) < 4.78 is 10.8. The molecule has 0 radical (unpaired) electrons. The minimum Gasteiger partial charge on any atom is -0.497 e. The van der Waals surface area contributed by atoms with Crippen LogP contribution in [0.1, 0.15) is 54.8 Å². The minimum absolute atomic E-state index is 0.115. The highest BCUT2D eigenvalue weighted by Gasteiger charge is 2.33. The zero-order valence-corrected chi connectivity index (χ0v) is 23.2. The average molecular weight is 540 g/mol. The van der Waals surface area contributed by atoms with E-state index in [1.807, 2.05) is 79.0 Å². The Bertz CT molecular complexity index is 1440. The number of ether oxygens (including phenoxy) is 2. The normalized spacial score (nSPS) is 14.4. The van der Waals surface area contributed by atoms with Gasteiger partial charge in [-0.2, -0.15) is 0 Å². The van der Waals surface area contributed by atoms with E-state index in [0.29, 0.717) is 11.5 Å². The quantitative estimate of drug-likeness (QED) is 0.261. The summed E-state index contributed by atoms with van der Waals surface area (Å²) in [5.41, 5.74) is 3.50. The van der Waals surface area contributed by atoms with E-state index in [9.17, 15) is 9.59 Å². The number of fused-ring (bicyclic) bond motifs is 1. The van der Waals surface area contributed by atoms with E-state index < -0.39 is 6.04 Å². The Kier molecular flexibility index (Phi) is 8.69. The second kappa shape index (κ2) is 12.7. The molecule has 1 atom stereocenters. The number of aromatic amines is 1. The highest BCUT2D eigenvalue weighted by molar-refractivity contribution is 5.92. The molecular formula is C33H37N3O4.